The van der Waals surface area contributed by atoms with Crippen molar-refractivity contribution in [3.8, 4) is 0 Å². The van der Waals surface area contributed by atoms with Crippen molar-refractivity contribution in [1.29, 1.82) is 0 Å². The van der Waals surface area contributed by atoms with Crippen molar-refractivity contribution in [3.05, 3.63) is 16.1 Å². The largest absolute Gasteiger partial charge is 0.469 e. The SMILES string of the molecule is COC(=O)[C@@H]1[C@H]2CC[C@@H](C2)[C@H]1NC(=O)Cc1csc(C(C)C)n1. The highest BCUT2D eigenvalue weighted by molar-refractivity contribution is 7.09. The molecule has 23 heavy (non-hydrogen) atoms. The molecule has 0 spiro atoms. The van der Waals surface area contributed by atoms with Crippen LogP contribution in [0.15, 0.2) is 5.38 Å². The molecule has 1 heterocycles. The molecule has 1 amide bonds. The number of methoxy groups -OCH3 is 1. The Balaban J connectivity index is 1.63. The lowest BCUT2D eigenvalue weighted by molar-refractivity contribution is -0.148. The average Bonchev–Trinajstić information content (AvgIpc) is 3.21. The Morgan fingerprint density at radius 3 is 2.78 bits per heavy atom. The Labute approximate surface area is 140 Å². The van der Waals surface area contributed by atoms with E-state index >= 15 is 0 Å². The minimum atomic E-state index is -0.182. The molecule has 0 aromatic carbocycles. The molecule has 0 unspecified atom stereocenters. The van der Waals surface area contributed by atoms with Crippen LogP contribution in [0.5, 0.6) is 0 Å². The third kappa shape index (κ3) is 3.27. The number of amides is 1. The highest BCUT2D eigenvalue weighted by Crippen LogP contribution is 2.48. The predicted octanol–water partition coefficient (Wildman–Crippen LogP) is 2.51. The van der Waals surface area contributed by atoms with E-state index in [0.717, 1.165) is 30.0 Å². The molecule has 6 heteroatoms. The third-order valence-electron chi connectivity index (χ3n) is 5.12. The second kappa shape index (κ2) is 6.59. The molecular weight excluding hydrogens is 312 g/mol. The van der Waals surface area contributed by atoms with Crippen LogP contribution in [0.2, 0.25) is 0 Å². The van der Waals surface area contributed by atoms with Gasteiger partial charge in [-0.2, -0.15) is 0 Å². The number of carbonyl (C=O) groups excluding carboxylic acids is 2. The van der Waals surface area contributed by atoms with E-state index in [9.17, 15) is 9.59 Å². The normalized spacial score (nSPS) is 29.0. The summed E-state index contributed by atoms with van der Waals surface area (Å²) in [7, 11) is 1.43. The van der Waals surface area contributed by atoms with E-state index < -0.39 is 0 Å². The summed E-state index contributed by atoms with van der Waals surface area (Å²) >= 11 is 1.60. The van der Waals surface area contributed by atoms with Gasteiger partial charge in [0, 0.05) is 17.3 Å². The summed E-state index contributed by atoms with van der Waals surface area (Å²) in [5.41, 5.74) is 0.814. The number of nitrogens with zero attached hydrogens (tertiary/aromatic N) is 1. The van der Waals surface area contributed by atoms with Crippen molar-refractivity contribution < 1.29 is 14.3 Å². The molecule has 2 aliphatic rings. The number of hydrogen-bond acceptors (Lipinski definition) is 5. The van der Waals surface area contributed by atoms with Gasteiger partial charge < -0.3 is 10.1 Å². The molecule has 1 aromatic rings. The predicted molar refractivity (Wildman–Crippen MR) is 88.2 cm³/mol. The van der Waals surface area contributed by atoms with Gasteiger partial charge in [0.1, 0.15) is 0 Å². The topological polar surface area (TPSA) is 68.3 Å². The molecule has 2 saturated carbocycles. The Morgan fingerprint density at radius 1 is 1.39 bits per heavy atom. The van der Waals surface area contributed by atoms with Crippen molar-refractivity contribution in [2.75, 3.05) is 7.11 Å². The Hall–Kier alpha value is -1.43. The fraction of sp³-hybridized carbons (Fsp3) is 0.706. The van der Waals surface area contributed by atoms with Crippen molar-refractivity contribution in [2.24, 2.45) is 17.8 Å². The second-order valence-electron chi connectivity index (χ2n) is 6.98. The van der Waals surface area contributed by atoms with E-state index in [4.69, 9.17) is 4.74 Å². The van der Waals surface area contributed by atoms with E-state index in [1.807, 2.05) is 5.38 Å². The van der Waals surface area contributed by atoms with E-state index in [1.165, 1.54) is 7.11 Å². The lowest BCUT2D eigenvalue weighted by Gasteiger charge is -2.29. The quantitative estimate of drug-likeness (QED) is 0.839. The van der Waals surface area contributed by atoms with Crippen LogP contribution in [0.3, 0.4) is 0 Å². The monoisotopic (exact) mass is 336 g/mol. The number of aromatic nitrogens is 1. The van der Waals surface area contributed by atoms with Gasteiger partial charge in [0.25, 0.3) is 0 Å². The molecular formula is C17H24N2O3S. The van der Waals surface area contributed by atoms with Crippen LogP contribution in [0.25, 0.3) is 0 Å². The van der Waals surface area contributed by atoms with Crippen LogP contribution < -0.4 is 5.32 Å². The number of rotatable bonds is 5. The van der Waals surface area contributed by atoms with Crippen molar-refractivity contribution in [2.45, 2.75) is 51.5 Å². The van der Waals surface area contributed by atoms with Gasteiger partial charge in [-0.25, -0.2) is 4.98 Å². The summed E-state index contributed by atoms with van der Waals surface area (Å²) in [5.74, 6) is 0.755. The Morgan fingerprint density at radius 2 is 2.13 bits per heavy atom. The van der Waals surface area contributed by atoms with Gasteiger partial charge in [-0.3, -0.25) is 9.59 Å². The molecule has 0 saturated heterocycles. The average molecular weight is 336 g/mol. The smallest absolute Gasteiger partial charge is 0.311 e. The highest BCUT2D eigenvalue weighted by Gasteiger charge is 2.51. The maximum absolute atomic E-state index is 12.4. The molecule has 2 fully saturated rings. The fourth-order valence-corrected chi connectivity index (χ4v) is 4.88. The molecule has 1 N–H and O–H groups in total. The van der Waals surface area contributed by atoms with Crippen LogP contribution in [0.1, 0.15) is 49.7 Å². The first-order valence-electron chi connectivity index (χ1n) is 8.31. The first kappa shape index (κ1) is 16.4. The number of nitrogens with one attached hydrogen (secondary N) is 1. The Bertz CT molecular complexity index is 598. The minimum absolute atomic E-state index is 0.0444. The summed E-state index contributed by atoms with van der Waals surface area (Å²) in [6.45, 7) is 4.19. The molecule has 2 aliphatic carbocycles. The third-order valence-corrected chi connectivity index (χ3v) is 6.32. The minimum Gasteiger partial charge on any atom is -0.469 e. The second-order valence-corrected chi connectivity index (χ2v) is 7.87. The van der Waals surface area contributed by atoms with Crippen molar-refractivity contribution in [3.63, 3.8) is 0 Å². The van der Waals surface area contributed by atoms with Crippen molar-refractivity contribution in [1.82, 2.24) is 10.3 Å². The molecule has 0 radical (unpaired) electrons. The summed E-state index contributed by atoms with van der Waals surface area (Å²) in [4.78, 5) is 28.9. The number of thiazole rings is 1. The zero-order valence-corrected chi connectivity index (χ0v) is 14.7. The Kier molecular flexibility index (Phi) is 4.71. The van der Waals surface area contributed by atoms with Crippen molar-refractivity contribution >= 4 is 23.2 Å². The summed E-state index contributed by atoms with van der Waals surface area (Å²) in [6, 6.07) is -0.0723. The lowest BCUT2D eigenvalue weighted by atomic mass is 9.84. The van der Waals surface area contributed by atoms with Gasteiger partial charge in [-0.1, -0.05) is 13.8 Å². The van der Waals surface area contributed by atoms with E-state index in [0.29, 0.717) is 17.8 Å². The molecule has 1 aromatic heterocycles. The standard InChI is InChI=1S/C17H24N2O3S/c1-9(2)16-18-12(8-23-16)7-13(20)19-15-11-5-4-10(6-11)14(15)17(21)22-3/h8-11,14-15H,4-7H2,1-3H3,(H,19,20)/t10-,11-,14+,15+/m0/s1. The molecule has 4 atom stereocenters. The van der Waals surface area contributed by atoms with Gasteiger partial charge in [-0.05, 0) is 31.1 Å². The van der Waals surface area contributed by atoms with Crippen LogP contribution in [-0.2, 0) is 20.7 Å². The first-order chi connectivity index (χ1) is 11.0. The molecule has 0 aliphatic heterocycles. The number of carbonyl (C=O) groups is 2. The zero-order valence-electron chi connectivity index (χ0n) is 13.9. The summed E-state index contributed by atoms with van der Waals surface area (Å²) in [5, 5.41) is 6.10. The van der Waals surface area contributed by atoms with Crippen LogP contribution in [0, 0.1) is 17.8 Å². The molecule has 3 rings (SSSR count). The van der Waals surface area contributed by atoms with Gasteiger partial charge in [0.15, 0.2) is 0 Å². The number of ether oxygens (including phenoxy) is 1. The van der Waals surface area contributed by atoms with E-state index in [2.05, 4.69) is 24.1 Å². The molecule has 126 valence electrons. The lowest BCUT2D eigenvalue weighted by Crippen LogP contribution is -2.47. The highest BCUT2D eigenvalue weighted by atomic mass is 32.1. The molecule has 5 nitrogen and oxygen atoms in total. The molecule has 2 bridgehead atoms. The maximum atomic E-state index is 12.4. The van der Waals surface area contributed by atoms with E-state index in [-0.39, 0.29) is 30.3 Å². The summed E-state index contributed by atoms with van der Waals surface area (Å²) in [6.07, 6.45) is 3.47. The maximum Gasteiger partial charge on any atom is 0.311 e. The number of fused-ring (bicyclic) bond motifs is 2. The summed E-state index contributed by atoms with van der Waals surface area (Å²) < 4.78 is 4.95. The van der Waals surface area contributed by atoms with Crippen LogP contribution >= 0.6 is 11.3 Å². The van der Waals surface area contributed by atoms with Gasteiger partial charge in [-0.15, -0.1) is 11.3 Å². The van der Waals surface area contributed by atoms with Crippen LogP contribution in [0.4, 0.5) is 0 Å². The number of esters is 1. The fourth-order valence-electron chi connectivity index (χ4n) is 4.04. The van der Waals surface area contributed by atoms with Crippen LogP contribution in [-0.4, -0.2) is 30.0 Å². The van der Waals surface area contributed by atoms with Gasteiger partial charge >= 0.3 is 5.97 Å². The zero-order chi connectivity index (χ0) is 16.6. The van der Waals surface area contributed by atoms with Gasteiger partial charge in [0.2, 0.25) is 5.91 Å². The van der Waals surface area contributed by atoms with Gasteiger partial charge in [0.05, 0.1) is 30.2 Å². The van der Waals surface area contributed by atoms with E-state index in [1.54, 1.807) is 11.3 Å². The first-order valence-corrected chi connectivity index (χ1v) is 9.19. The number of hydrogen-bond donors (Lipinski definition) is 1.